The number of hydrogen-bond acceptors (Lipinski definition) is 4. The molecule has 4 nitrogen and oxygen atoms in total. The third-order valence-electron chi connectivity index (χ3n) is 3.71. The molecule has 0 unspecified atom stereocenters. The molecule has 1 aliphatic rings. The van der Waals surface area contributed by atoms with Crippen LogP contribution in [-0.2, 0) is 11.2 Å². The summed E-state index contributed by atoms with van der Waals surface area (Å²) in [7, 11) is 0. The molecule has 1 fully saturated rings. The molecule has 1 aromatic heterocycles. The molecule has 20 heavy (non-hydrogen) atoms. The fourth-order valence-corrected chi connectivity index (χ4v) is 3.56. The van der Waals surface area contributed by atoms with Gasteiger partial charge < -0.3 is 10.2 Å². The zero-order valence-corrected chi connectivity index (χ0v) is 12.4. The number of amides is 1. The third-order valence-corrected chi connectivity index (χ3v) is 4.81. The Morgan fingerprint density at radius 2 is 2.35 bits per heavy atom. The summed E-state index contributed by atoms with van der Waals surface area (Å²) in [4.78, 5) is 18.8. The summed E-state index contributed by atoms with van der Waals surface area (Å²) in [5, 5.41) is 4.36. The first-order valence-corrected chi connectivity index (χ1v) is 7.90. The summed E-state index contributed by atoms with van der Waals surface area (Å²) in [6.45, 7) is 4.71. The summed E-state index contributed by atoms with van der Waals surface area (Å²) in [6.07, 6.45) is 1.30. The van der Waals surface area contributed by atoms with Gasteiger partial charge in [0.05, 0.1) is 15.2 Å². The highest BCUT2D eigenvalue weighted by atomic mass is 32.1. The minimum Gasteiger partial charge on any atom is -0.337 e. The van der Waals surface area contributed by atoms with Crippen LogP contribution < -0.4 is 5.32 Å². The second kappa shape index (κ2) is 5.89. The first-order chi connectivity index (χ1) is 9.74. The van der Waals surface area contributed by atoms with E-state index in [9.17, 15) is 4.79 Å². The standard InChI is InChI=1S/C15H19N3OS/c1-11-10-16-8-9-18(11)15(19)7-6-14-17-12-4-2-3-5-13(12)20-14/h2-5,11,16H,6-10H2,1H3/t11-/m0/s1. The number of nitrogens with zero attached hydrogens (tertiary/aromatic N) is 2. The Balaban J connectivity index is 1.62. The summed E-state index contributed by atoms with van der Waals surface area (Å²) in [6, 6.07) is 8.43. The van der Waals surface area contributed by atoms with Crippen LogP contribution in [0.2, 0.25) is 0 Å². The van der Waals surface area contributed by atoms with Crippen LogP contribution in [0, 0.1) is 0 Å². The van der Waals surface area contributed by atoms with Crippen molar-refractivity contribution in [3.05, 3.63) is 29.3 Å². The van der Waals surface area contributed by atoms with Gasteiger partial charge in [-0.25, -0.2) is 4.98 Å². The number of piperazine rings is 1. The zero-order valence-electron chi connectivity index (χ0n) is 11.6. The molecule has 1 amide bonds. The number of rotatable bonds is 3. The van der Waals surface area contributed by atoms with Crippen molar-refractivity contribution in [1.82, 2.24) is 15.2 Å². The maximum atomic E-state index is 12.3. The van der Waals surface area contributed by atoms with Crippen molar-refractivity contribution in [1.29, 1.82) is 0 Å². The molecule has 0 radical (unpaired) electrons. The van der Waals surface area contributed by atoms with Crippen molar-refractivity contribution in [3.8, 4) is 0 Å². The largest absolute Gasteiger partial charge is 0.337 e. The molecule has 0 aliphatic carbocycles. The Morgan fingerprint density at radius 3 is 3.15 bits per heavy atom. The lowest BCUT2D eigenvalue weighted by Gasteiger charge is -2.34. The molecule has 5 heteroatoms. The molecule has 106 valence electrons. The van der Waals surface area contributed by atoms with Crippen LogP contribution in [0.5, 0.6) is 0 Å². The van der Waals surface area contributed by atoms with Gasteiger partial charge in [-0.05, 0) is 19.1 Å². The third kappa shape index (κ3) is 2.83. The van der Waals surface area contributed by atoms with Crippen LogP contribution in [0.25, 0.3) is 10.2 Å². The monoisotopic (exact) mass is 289 g/mol. The minimum atomic E-state index is 0.248. The first kappa shape index (κ1) is 13.5. The maximum Gasteiger partial charge on any atom is 0.223 e. The molecule has 1 aliphatic heterocycles. The summed E-state index contributed by atoms with van der Waals surface area (Å²) in [5.41, 5.74) is 1.04. The second-order valence-corrected chi connectivity index (χ2v) is 6.33. The number of hydrogen-bond donors (Lipinski definition) is 1. The molecule has 0 saturated carbocycles. The lowest BCUT2D eigenvalue weighted by molar-refractivity contribution is -0.133. The number of aromatic nitrogens is 1. The van der Waals surface area contributed by atoms with Gasteiger partial charge in [0.2, 0.25) is 5.91 Å². The summed E-state index contributed by atoms with van der Waals surface area (Å²) in [5.74, 6) is 0.248. The van der Waals surface area contributed by atoms with E-state index in [1.165, 1.54) is 4.70 Å². The van der Waals surface area contributed by atoms with E-state index in [0.29, 0.717) is 12.5 Å². The second-order valence-electron chi connectivity index (χ2n) is 5.22. The molecule has 3 rings (SSSR count). The van der Waals surface area contributed by atoms with Crippen LogP contribution in [0.1, 0.15) is 18.4 Å². The van der Waals surface area contributed by atoms with Crippen molar-refractivity contribution in [2.24, 2.45) is 0 Å². The van der Waals surface area contributed by atoms with E-state index in [-0.39, 0.29) is 5.91 Å². The van der Waals surface area contributed by atoms with Crippen molar-refractivity contribution < 1.29 is 4.79 Å². The molecule has 1 saturated heterocycles. The number of aryl methyl sites for hydroxylation is 1. The van der Waals surface area contributed by atoms with E-state index in [0.717, 1.165) is 36.6 Å². The van der Waals surface area contributed by atoms with Crippen LogP contribution in [0.4, 0.5) is 0 Å². The highest BCUT2D eigenvalue weighted by molar-refractivity contribution is 7.18. The van der Waals surface area contributed by atoms with Gasteiger partial charge in [0.1, 0.15) is 0 Å². The number of carbonyl (C=O) groups excluding carboxylic acids is 1. The van der Waals surface area contributed by atoms with Gasteiger partial charge in [-0.2, -0.15) is 0 Å². The van der Waals surface area contributed by atoms with E-state index < -0.39 is 0 Å². The van der Waals surface area contributed by atoms with Gasteiger partial charge >= 0.3 is 0 Å². The van der Waals surface area contributed by atoms with Crippen molar-refractivity contribution in [2.45, 2.75) is 25.8 Å². The van der Waals surface area contributed by atoms with Crippen molar-refractivity contribution >= 4 is 27.5 Å². The average molecular weight is 289 g/mol. The highest BCUT2D eigenvalue weighted by Crippen LogP contribution is 2.22. The number of nitrogens with one attached hydrogen (secondary N) is 1. The van der Waals surface area contributed by atoms with Crippen LogP contribution in [-0.4, -0.2) is 41.5 Å². The Bertz CT molecular complexity index is 577. The molecule has 2 heterocycles. The van der Waals surface area contributed by atoms with Gasteiger partial charge in [-0.1, -0.05) is 12.1 Å². The number of para-hydroxylation sites is 1. The SMILES string of the molecule is C[C@H]1CNCCN1C(=O)CCc1nc2ccccc2s1. The van der Waals surface area contributed by atoms with Crippen LogP contribution >= 0.6 is 11.3 Å². The van der Waals surface area contributed by atoms with E-state index >= 15 is 0 Å². The zero-order chi connectivity index (χ0) is 13.9. The normalized spacial score (nSPS) is 19.4. The van der Waals surface area contributed by atoms with E-state index in [2.05, 4.69) is 23.3 Å². The lowest BCUT2D eigenvalue weighted by atomic mass is 10.2. The lowest BCUT2D eigenvalue weighted by Crippen LogP contribution is -2.52. The number of benzene rings is 1. The summed E-state index contributed by atoms with van der Waals surface area (Å²) >= 11 is 1.69. The van der Waals surface area contributed by atoms with Gasteiger partial charge in [0.15, 0.2) is 0 Å². The molecular formula is C15H19N3OS. The molecule has 0 bridgehead atoms. The van der Waals surface area contributed by atoms with E-state index in [1.807, 2.05) is 23.1 Å². The topological polar surface area (TPSA) is 45.2 Å². The predicted molar refractivity (Wildman–Crippen MR) is 82.0 cm³/mol. The quantitative estimate of drug-likeness (QED) is 0.940. The van der Waals surface area contributed by atoms with Crippen LogP contribution in [0.3, 0.4) is 0 Å². The predicted octanol–water partition coefficient (Wildman–Crippen LogP) is 2.05. The van der Waals surface area contributed by atoms with E-state index in [1.54, 1.807) is 11.3 Å². The Kier molecular flexibility index (Phi) is 3.98. The number of thiazole rings is 1. The first-order valence-electron chi connectivity index (χ1n) is 7.08. The molecular weight excluding hydrogens is 270 g/mol. The average Bonchev–Trinajstić information content (AvgIpc) is 2.88. The maximum absolute atomic E-state index is 12.3. The smallest absolute Gasteiger partial charge is 0.223 e. The molecule has 2 aromatic rings. The Morgan fingerprint density at radius 1 is 1.50 bits per heavy atom. The van der Waals surface area contributed by atoms with Gasteiger partial charge in [0.25, 0.3) is 0 Å². The van der Waals surface area contributed by atoms with Crippen molar-refractivity contribution in [3.63, 3.8) is 0 Å². The number of fused-ring (bicyclic) bond motifs is 1. The molecule has 1 N–H and O–H groups in total. The Hall–Kier alpha value is -1.46. The van der Waals surface area contributed by atoms with Gasteiger partial charge in [0, 0.05) is 38.5 Å². The Labute approximate surface area is 122 Å². The van der Waals surface area contributed by atoms with Crippen LogP contribution in [0.15, 0.2) is 24.3 Å². The van der Waals surface area contributed by atoms with Crippen molar-refractivity contribution in [2.75, 3.05) is 19.6 Å². The van der Waals surface area contributed by atoms with Gasteiger partial charge in [-0.3, -0.25) is 4.79 Å². The minimum absolute atomic E-state index is 0.248. The number of carbonyl (C=O) groups is 1. The molecule has 0 spiro atoms. The fourth-order valence-electron chi connectivity index (χ4n) is 2.60. The fraction of sp³-hybridized carbons (Fsp3) is 0.467. The van der Waals surface area contributed by atoms with Gasteiger partial charge in [-0.15, -0.1) is 11.3 Å². The highest BCUT2D eigenvalue weighted by Gasteiger charge is 2.22. The van der Waals surface area contributed by atoms with E-state index in [4.69, 9.17) is 0 Å². The molecule has 1 atom stereocenters. The molecule has 1 aromatic carbocycles. The summed E-state index contributed by atoms with van der Waals surface area (Å²) < 4.78 is 1.20.